The van der Waals surface area contributed by atoms with Gasteiger partial charge in [0.05, 0.1) is 6.20 Å². The van der Waals surface area contributed by atoms with E-state index in [1.807, 2.05) is 25.0 Å². The van der Waals surface area contributed by atoms with Gasteiger partial charge in [0, 0.05) is 52.4 Å². The molecule has 1 aromatic heterocycles. The molecular formula is C23H35IN6. The third-order valence-corrected chi connectivity index (χ3v) is 6.29. The summed E-state index contributed by atoms with van der Waals surface area (Å²) >= 11 is 0. The Morgan fingerprint density at radius 1 is 1.13 bits per heavy atom. The van der Waals surface area contributed by atoms with E-state index in [1.54, 1.807) is 0 Å². The van der Waals surface area contributed by atoms with Gasteiger partial charge in [-0.1, -0.05) is 30.7 Å². The van der Waals surface area contributed by atoms with E-state index in [1.165, 1.54) is 49.0 Å². The lowest BCUT2D eigenvalue weighted by Crippen LogP contribution is -2.39. The van der Waals surface area contributed by atoms with Gasteiger partial charge >= 0.3 is 0 Å². The number of hydrogen-bond acceptors (Lipinski definition) is 3. The van der Waals surface area contributed by atoms with E-state index in [2.05, 4.69) is 55.7 Å². The zero-order valence-corrected chi connectivity index (χ0v) is 20.6. The molecule has 1 aromatic carbocycles. The summed E-state index contributed by atoms with van der Waals surface area (Å²) in [4.78, 5) is 9.54. The number of nitrogens with zero attached hydrogens (tertiary/aromatic N) is 5. The molecule has 0 aliphatic carbocycles. The summed E-state index contributed by atoms with van der Waals surface area (Å²) < 4.78 is 1.89. The summed E-state index contributed by atoms with van der Waals surface area (Å²) in [6, 6.07) is 8.84. The highest BCUT2D eigenvalue weighted by Gasteiger charge is 2.27. The summed E-state index contributed by atoms with van der Waals surface area (Å²) in [7, 11) is 3.87. The van der Waals surface area contributed by atoms with Crippen molar-refractivity contribution in [1.29, 1.82) is 0 Å². The van der Waals surface area contributed by atoms with Crippen LogP contribution in [0.4, 0.5) is 0 Å². The Morgan fingerprint density at radius 3 is 2.60 bits per heavy atom. The fourth-order valence-corrected chi connectivity index (χ4v) is 4.62. The number of aryl methyl sites for hydroxylation is 1. The molecular weight excluding hydrogens is 487 g/mol. The predicted molar refractivity (Wildman–Crippen MR) is 133 cm³/mol. The average molecular weight is 522 g/mol. The first-order valence-corrected chi connectivity index (χ1v) is 11.0. The molecule has 1 N–H and O–H groups in total. The molecule has 2 aromatic rings. The highest BCUT2D eigenvalue weighted by atomic mass is 127. The predicted octanol–water partition coefficient (Wildman–Crippen LogP) is 3.59. The first-order valence-electron chi connectivity index (χ1n) is 11.0. The molecule has 0 saturated carbocycles. The van der Waals surface area contributed by atoms with Crippen LogP contribution in [-0.4, -0.2) is 58.8 Å². The topological polar surface area (TPSA) is 48.7 Å². The van der Waals surface area contributed by atoms with Crippen LogP contribution < -0.4 is 5.32 Å². The monoisotopic (exact) mass is 522 g/mol. The fourth-order valence-electron chi connectivity index (χ4n) is 4.62. The van der Waals surface area contributed by atoms with Crippen molar-refractivity contribution in [2.45, 2.75) is 44.7 Å². The first kappa shape index (κ1) is 23.1. The number of aliphatic imine (C=N–C) groups is 1. The Kier molecular flexibility index (Phi) is 8.56. The number of hydrogen-bond donors (Lipinski definition) is 1. The zero-order valence-electron chi connectivity index (χ0n) is 18.3. The Morgan fingerprint density at radius 2 is 1.90 bits per heavy atom. The number of likely N-dealkylation sites (tertiary alicyclic amines) is 2. The highest BCUT2D eigenvalue weighted by molar-refractivity contribution is 14.0. The maximum atomic E-state index is 4.56. The van der Waals surface area contributed by atoms with Crippen molar-refractivity contribution in [3.63, 3.8) is 0 Å². The number of halogens is 1. The molecule has 2 aliphatic rings. The van der Waals surface area contributed by atoms with Crippen LogP contribution in [0.3, 0.4) is 0 Å². The SMILES string of the molecule is CN=C(NCc1ccccc1CN1CCCCC1)N1CCC(c2cnn(C)c2)C1.I. The average Bonchev–Trinajstić information content (AvgIpc) is 3.40. The van der Waals surface area contributed by atoms with Gasteiger partial charge in [-0.05, 0) is 49.0 Å². The Bertz CT molecular complexity index is 827. The molecule has 2 fully saturated rings. The third-order valence-electron chi connectivity index (χ3n) is 6.29. The summed E-state index contributed by atoms with van der Waals surface area (Å²) in [6.07, 6.45) is 9.34. The van der Waals surface area contributed by atoms with E-state index in [0.29, 0.717) is 5.92 Å². The summed E-state index contributed by atoms with van der Waals surface area (Å²) in [5, 5.41) is 7.95. The van der Waals surface area contributed by atoms with Crippen LogP contribution in [0.5, 0.6) is 0 Å². The molecule has 164 valence electrons. The van der Waals surface area contributed by atoms with Gasteiger partial charge < -0.3 is 10.2 Å². The van der Waals surface area contributed by atoms with Crippen molar-refractivity contribution in [2.75, 3.05) is 33.2 Å². The molecule has 2 saturated heterocycles. The van der Waals surface area contributed by atoms with Crippen LogP contribution in [0.2, 0.25) is 0 Å². The van der Waals surface area contributed by atoms with E-state index in [-0.39, 0.29) is 24.0 Å². The summed E-state index contributed by atoms with van der Waals surface area (Å²) in [5.41, 5.74) is 4.14. The largest absolute Gasteiger partial charge is 0.352 e. The molecule has 0 amide bonds. The van der Waals surface area contributed by atoms with Crippen molar-refractivity contribution in [2.24, 2.45) is 12.0 Å². The van der Waals surface area contributed by atoms with Crippen molar-refractivity contribution in [3.8, 4) is 0 Å². The number of nitrogens with one attached hydrogen (secondary N) is 1. The second-order valence-corrected chi connectivity index (χ2v) is 8.39. The second-order valence-electron chi connectivity index (χ2n) is 8.39. The van der Waals surface area contributed by atoms with Crippen molar-refractivity contribution >= 4 is 29.9 Å². The Balaban J connectivity index is 0.00000256. The fraction of sp³-hybridized carbons (Fsp3) is 0.565. The summed E-state index contributed by atoms with van der Waals surface area (Å²) in [5.74, 6) is 1.54. The quantitative estimate of drug-likeness (QED) is 0.371. The lowest BCUT2D eigenvalue weighted by Gasteiger charge is -2.27. The number of benzene rings is 1. The van der Waals surface area contributed by atoms with Crippen molar-refractivity contribution in [3.05, 3.63) is 53.3 Å². The molecule has 1 unspecified atom stereocenters. The van der Waals surface area contributed by atoms with Crippen molar-refractivity contribution in [1.82, 2.24) is 24.9 Å². The minimum atomic E-state index is 0. The molecule has 7 heteroatoms. The molecule has 0 radical (unpaired) electrons. The third kappa shape index (κ3) is 5.75. The Labute approximate surface area is 197 Å². The lowest BCUT2D eigenvalue weighted by atomic mass is 10.0. The van der Waals surface area contributed by atoms with Gasteiger partial charge in [-0.15, -0.1) is 24.0 Å². The van der Waals surface area contributed by atoms with Gasteiger partial charge in [-0.3, -0.25) is 14.6 Å². The van der Waals surface area contributed by atoms with Crippen LogP contribution in [0.1, 0.15) is 48.3 Å². The highest BCUT2D eigenvalue weighted by Crippen LogP contribution is 2.26. The standard InChI is InChI=1S/C23H34N6.HI/c1-24-23(29-13-10-21(18-29)22-15-26-27(2)16-22)25-14-19-8-4-5-9-20(19)17-28-11-6-3-7-12-28;/h4-5,8-9,15-16,21H,3,6-7,10-14,17-18H2,1-2H3,(H,24,25);1H. The van der Waals surface area contributed by atoms with Crippen LogP contribution >= 0.6 is 24.0 Å². The maximum absolute atomic E-state index is 4.56. The van der Waals surface area contributed by atoms with Gasteiger partial charge in [-0.25, -0.2) is 0 Å². The van der Waals surface area contributed by atoms with E-state index in [4.69, 9.17) is 0 Å². The minimum absolute atomic E-state index is 0. The van der Waals surface area contributed by atoms with E-state index in [0.717, 1.165) is 38.6 Å². The molecule has 0 bridgehead atoms. The van der Waals surface area contributed by atoms with Crippen LogP contribution in [0.15, 0.2) is 41.7 Å². The van der Waals surface area contributed by atoms with Crippen LogP contribution in [0, 0.1) is 0 Å². The molecule has 0 spiro atoms. The smallest absolute Gasteiger partial charge is 0.193 e. The molecule has 1 atom stereocenters. The van der Waals surface area contributed by atoms with E-state index < -0.39 is 0 Å². The molecule has 30 heavy (non-hydrogen) atoms. The molecule has 6 nitrogen and oxygen atoms in total. The van der Waals surface area contributed by atoms with Crippen LogP contribution in [-0.2, 0) is 20.1 Å². The lowest BCUT2D eigenvalue weighted by molar-refractivity contribution is 0.220. The zero-order chi connectivity index (χ0) is 20.1. The van der Waals surface area contributed by atoms with Gasteiger partial charge in [0.15, 0.2) is 5.96 Å². The van der Waals surface area contributed by atoms with Gasteiger partial charge in [0.25, 0.3) is 0 Å². The first-order chi connectivity index (χ1) is 14.2. The van der Waals surface area contributed by atoms with E-state index >= 15 is 0 Å². The molecule has 4 rings (SSSR count). The number of rotatable bonds is 5. The molecule has 2 aliphatic heterocycles. The maximum Gasteiger partial charge on any atom is 0.193 e. The molecule has 3 heterocycles. The van der Waals surface area contributed by atoms with Gasteiger partial charge in [0.2, 0.25) is 0 Å². The number of aromatic nitrogens is 2. The van der Waals surface area contributed by atoms with Crippen molar-refractivity contribution < 1.29 is 0 Å². The van der Waals surface area contributed by atoms with Gasteiger partial charge in [0.1, 0.15) is 0 Å². The van der Waals surface area contributed by atoms with Crippen LogP contribution in [0.25, 0.3) is 0 Å². The summed E-state index contributed by atoms with van der Waals surface area (Å²) in [6.45, 7) is 6.38. The second kappa shape index (κ2) is 11.1. The van der Waals surface area contributed by atoms with Gasteiger partial charge in [-0.2, -0.15) is 5.10 Å². The van der Waals surface area contributed by atoms with E-state index in [9.17, 15) is 0 Å². The Hall–Kier alpha value is -1.61. The minimum Gasteiger partial charge on any atom is -0.352 e. The number of guanidine groups is 1. The normalized spacial score (nSPS) is 20.3. The number of piperidine rings is 1.